The second-order valence-corrected chi connectivity index (χ2v) is 3.82. The Morgan fingerprint density at radius 1 is 1.65 bits per heavy atom. The van der Waals surface area contributed by atoms with Crippen molar-refractivity contribution < 1.29 is 9.53 Å². The predicted octanol–water partition coefficient (Wildman–Crippen LogP) is 1.20. The van der Waals surface area contributed by atoms with E-state index in [-0.39, 0.29) is 11.9 Å². The van der Waals surface area contributed by atoms with Crippen molar-refractivity contribution in [3.63, 3.8) is 0 Å². The molecule has 0 aliphatic heterocycles. The van der Waals surface area contributed by atoms with Crippen molar-refractivity contribution in [3.05, 3.63) is 24.0 Å². The third-order valence-electron chi connectivity index (χ3n) is 2.45. The molecular weight excluding hydrogens is 218 g/mol. The van der Waals surface area contributed by atoms with Crippen LogP contribution in [-0.4, -0.2) is 31.7 Å². The lowest BCUT2D eigenvalue weighted by atomic mass is 10.1. The third-order valence-corrected chi connectivity index (χ3v) is 2.45. The van der Waals surface area contributed by atoms with Gasteiger partial charge in [0.1, 0.15) is 11.8 Å². The third kappa shape index (κ3) is 3.45. The average Bonchev–Trinajstić information content (AvgIpc) is 2.37. The lowest BCUT2D eigenvalue weighted by Gasteiger charge is -2.21. The number of carbonyl (C=O) groups excluding carboxylic acids is 1. The van der Waals surface area contributed by atoms with Crippen LogP contribution in [0.2, 0.25) is 0 Å². The van der Waals surface area contributed by atoms with Crippen molar-refractivity contribution >= 4 is 11.7 Å². The molecule has 0 aliphatic carbocycles. The number of pyridine rings is 1. The first-order chi connectivity index (χ1) is 8.08. The Kier molecular flexibility index (Phi) is 4.46. The van der Waals surface area contributed by atoms with E-state index in [1.54, 1.807) is 25.3 Å². The number of hydrogen-bond donors (Lipinski definition) is 0. The molecule has 1 atom stereocenters. The minimum absolute atomic E-state index is 0.208. The normalized spacial score (nSPS) is 11.4. The molecule has 5 heteroatoms. The van der Waals surface area contributed by atoms with E-state index in [0.29, 0.717) is 12.2 Å². The van der Waals surface area contributed by atoms with Crippen molar-refractivity contribution in [2.75, 3.05) is 25.6 Å². The number of anilines is 1. The number of aromatic nitrogens is 1. The van der Waals surface area contributed by atoms with Crippen LogP contribution in [0.5, 0.6) is 0 Å². The zero-order valence-corrected chi connectivity index (χ0v) is 10.2. The van der Waals surface area contributed by atoms with Crippen LogP contribution in [0.25, 0.3) is 0 Å². The van der Waals surface area contributed by atoms with Crippen LogP contribution in [0.3, 0.4) is 0 Å². The van der Waals surface area contributed by atoms with Gasteiger partial charge in [-0.15, -0.1) is 0 Å². The first kappa shape index (κ1) is 13.0. The first-order valence-electron chi connectivity index (χ1n) is 5.23. The van der Waals surface area contributed by atoms with E-state index in [4.69, 9.17) is 5.26 Å². The summed E-state index contributed by atoms with van der Waals surface area (Å²) in [5, 5.41) is 8.63. The van der Waals surface area contributed by atoms with Crippen molar-refractivity contribution in [2.24, 2.45) is 5.92 Å². The SMILES string of the molecule is COC(=O)C(C)CN(C)c1ccc(C#N)nc1. The molecule has 1 rings (SSSR count). The molecule has 0 bridgehead atoms. The number of esters is 1. The van der Waals surface area contributed by atoms with E-state index < -0.39 is 0 Å². The fourth-order valence-electron chi connectivity index (χ4n) is 1.47. The molecule has 0 saturated heterocycles. The van der Waals surface area contributed by atoms with Crippen LogP contribution in [0.4, 0.5) is 5.69 Å². The molecule has 0 radical (unpaired) electrons. The van der Waals surface area contributed by atoms with Crippen LogP contribution in [0.1, 0.15) is 12.6 Å². The summed E-state index contributed by atoms with van der Waals surface area (Å²) in [6.07, 6.45) is 1.61. The van der Waals surface area contributed by atoms with E-state index in [9.17, 15) is 4.79 Å². The zero-order chi connectivity index (χ0) is 12.8. The maximum Gasteiger partial charge on any atom is 0.310 e. The number of carbonyl (C=O) groups is 1. The van der Waals surface area contributed by atoms with Crippen LogP contribution < -0.4 is 4.90 Å². The predicted molar refractivity (Wildman–Crippen MR) is 63.4 cm³/mol. The van der Waals surface area contributed by atoms with Crippen molar-refractivity contribution in [1.82, 2.24) is 4.98 Å². The van der Waals surface area contributed by atoms with Crippen molar-refractivity contribution in [2.45, 2.75) is 6.92 Å². The monoisotopic (exact) mass is 233 g/mol. The van der Waals surface area contributed by atoms with Crippen LogP contribution in [0.15, 0.2) is 18.3 Å². The summed E-state index contributed by atoms with van der Waals surface area (Å²) in [6, 6.07) is 5.41. The van der Waals surface area contributed by atoms with Gasteiger partial charge in [-0.1, -0.05) is 6.92 Å². The zero-order valence-electron chi connectivity index (χ0n) is 10.2. The van der Waals surface area contributed by atoms with Crippen LogP contribution >= 0.6 is 0 Å². The summed E-state index contributed by atoms with van der Waals surface area (Å²) in [4.78, 5) is 17.1. The Morgan fingerprint density at radius 3 is 2.82 bits per heavy atom. The van der Waals surface area contributed by atoms with Gasteiger partial charge in [0.25, 0.3) is 0 Å². The average molecular weight is 233 g/mol. The Bertz CT molecular complexity index is 422. The van der Waals surface area contributed by atoms with Gasteiger partial charge in [-0.05, 0) is 12.1 Å². The summed E-state index contributed by atoms with van der Waals surface area (Å²) in [6.45, 7) is 2.35. The Hall–Kier alpha value is -2.09. The molecule has 0 saturated carbocycles. The van der Waals surface area contributed by atoms with E-state index in [1.807, 2.05) is 18.0 Å². The maximum atomic E-state index is 11.3. The van der Waals surface area contributed by atoms with Gasteiger partial charge >= 0.3 is 5.97 Å². The lowest BCUT2D eigenvalue weighted by Crippen LogP contribution is -2.29. The van der Waals surface area contributed by atoms with Gasteiger partial charge in [-0.2, -0.15) is 5.26 Å². The van der Waals surface area contributed by atoms with Crippen LogP contribution in [-0.2, 0) is 9.53 Å². The van der Waals surface area contributed by atoms with Gasteiger partial charge in [0.2, 0.25) is 0 Å². The highest BCUT2D eigenvalue weighted by Gasteiger charge is 2.15. The Balaban J connectivity index is 2.66. The molecule has 1 aromatic heterocycles. The van der Waals surface area contributed by atoms with Gasteiger partial charge in [-0.25, -0.2) is 4.98 Å². The Morgan fingerprint density at radius 2 is 2.35 bits per heavy atom. The van der Waals surface area contributed by atoms with E-state index >= 15 is 0 Å². The molecule has 17 heavy (non-hydrogen) atoms. The fraction of sp³-hybridized carbons (Fsp3) is 0.417. The minimum Gasteiger partial charge on any atom is -0.469 e. The second-order valence-electron chi connectivity index (χ2n) is 3.82. The van der Waals surface area contributed by atoms with Crippen molar-refractivity contribution in [3.8, 4) is 6.07 Å². The quantitative estimate of drug-likeness (QED) is 0.731. The van der Waals surface area contributed by atoms with Gasteiger partial charge in [0.05, 0.1) is 24.9 Å². The topological polar surface area (TPSA) is 66.2 Å². The number of methoxy groups -OCH3 is 1. The maximum absolute atomic E-state index is 11.3. The lowest BCUT2D eigenvalue weighted by molar-refractivity contribution is -0.144. The smallest absolute Gasteiger partial charge is 0.310 e. The van der Waals surface area contributed by atoms with Gasteiger partial charge in [-0.3, -0.25) is 4.79 Å². The second kappa shape index (κ2) is 5.85. The number of nitriles is 1. The molecule has 0 amide bonds. The summed E-state index contributed by atoms with van der Waals surface area (Å²) in [5.41, 5.74) is 1.24. The molecule has 1 heterocycles. The molecule has 1 unspecified atom stereocenters. The van der Waals surface area contributed by atoms with E-state index in [0.717, 1.165) is 5.69 Å². The van der Waals surface area contributed by atoms with Crippen molar-refractivity contribution in [1.29, 1.82) is 5.26 Å². The highest BCUT2D eigenvalue weighted by Crippen LogP contribution is 2.13. The largest absolute Gasteiger partial charge is 0.469 e. The molecule has 1 aromatic rings. The summed E-state index contributed by atoms with van der Waals surface area (Å²) < 4.78 is 4.66. The minimum atomic E-state index is -0.238. The molecule has 5 nitrogen and oxygen atoms in total. The molecule has 0 aliphatic rings. The standard InChI is InChI=1S/C12H15N3O2/c1-9(12(16)17-3)8-15(2)11-5-4-10(6-13)14-7-11/h4-5,7,9H,8H2,1-3H3. The molecule has 0 N–H and O–H groups in total. The van der Waals surface area contributed by atoms with E-state index in [2.05, 4.69) is 9.72 Å². The highest BCUT2D eigenvalue weighted by molar-refractivity contribution is 5.72. The molecule has 0 aromatic carbocycles. The summed E-state index contributed by atoms with van der Waals surface area (Å²) >= 11 is 0. The number of hydrogen-bond acceptors (Lipinski definition) is 5. The molecule has 0 spiro atoms. The Labute approximate surface area is 101 Å². The van der Waals surface area contributed by atoms with Gasteiger partial charge in [0, 0.05) is 13.6 Å². The first-order valence-corrected chi connectivity index (χ1v) is 5.23. The molecule has 0 fully saturated rings. The number of rotatable bonds is 4. The van der Waals surface area contributed by atoms with E-state index in [1.165, 1.54) is 7.11 Å². The van der Waals surface area contributed by atoms with Crippen LogP contribution in [0, 0.1) is 17.2 Å². The van der Waals surface area contributed by atoms with Gasteiger partial charge in [0.15, 0.2) is 0 Å². The number of nitrogens with zero attached hydrogens (tertiary/aromatic N) is 3. The highest BCUT2D eigenvalue weighted by atomic mass is 16.5. The summed E-state index contributed by atoms with van der Waals surface area (Å²) in [7, 11) is 3.24. The number of ether oxygens (including phenoxy) is 1. The fourth-order valence-corrected chi connectivity index (χ4v) is 1.47. The summed E-state index contributed by atoms with van der Waals surface area (Å²) in [5.74, 6) is -0.445. The molecular formula is C12H15N3O2. The van der Waals surface area contributed by atoms with Gasteiger partial charge < -0.3 is 9.64 Å². The molecule has 90 valence electrons.